The molecule has 3 aromatic carbocycles. The molecule has 0 aliphatic rings. The fraction of sp³-hybridized carbons (Fsp3) is 0.133. The van der Waals surface area contributed by atoms with Crippen LogP contribution in [0.5, 0.6) is 11.5 Å². The lowest BCUT2D eigenvalue weighted by Gasteiger charge is -2.26. The zero-order chi connectivity index (χ0) is 33.7. The Kier molecular flexibility index (Phi) is 12.7. The Balaban J connectivity index is 0.000000900. The Morgan fingerprint density at radius 3 is 2.02 bits per heavy atom. The number of amidine groups is 1. The van der Waals surface area contributed by atoms with E-state index in [9.17, 15) is 27.9 Å². The third-order valence-corrected chi connectivity index (χ3v) is 5.64. The normalized spacial score (nSPS) is 11.1. The van der Waals surface area contributed by atoms with Crippen LogP contribution in [0.1, 0.15) is 27.5 Å². The van der Waals surface area contributed by atoms with Crippen LogP contribution < -0.4 is 31.4 Å². The predicted octanol–water partition coefficient (Wildman–Crippen LogP) is 4.49. The van der Waals surface area contributed by atoms with Crippen LogP contribution in [-0.2, 0) is 9.59 Å². The summed E-state index contributed by atoms with van der Waals surface area (Å²) in [5.41, 5.74) is 6.97. The molecule has 1 unspecified atom stereocenters. The fourth-order valence-corrected chi connectivity index (χ4v) is 3.56. The minimum Gasteiger partial charge on any atom is -0.486 e. The molecule has 238 valence electrons. The van der Waals surface area contributed by atoms with Gasteiger partial charge in [-0.1, -0.05) is 43.5 Å². The SMILES string of the molecule is C=CCOc1ccc(C(Nc2ccc(C(=N)N)cc2)C(=O)N(N)c2ccccc2C(=O)O)cc1OCC=C.O=C(O)C(F)(F)F. The minimum atomic E-state index is -5.08. The first-order chi connectivity index (χ1) is 21.2. The Labute approximate surface area is 255 Å². The third-order valence-electron chi connectivity index (χ3n) is 5.64. The van der Waals surface area contributed by atoms with E-state index in [1.54, 1.807) is 66.7 Å². The molecule has 0 aromatic heterocycles. The number of nitrogens with two attached hydrogens (primary N) is 2. The number of para-hydroxylation sites is 1. The molecule has 1 atom stereocenters. The number of hydrogen-bond donors (Lipinski definition) is 6. The van der Waals surface area contributed by atoms with Crippen molar-refractivity contribution in [2.24, 2.45) is 11.6 Å². The van der Waals surface area contributed by atoms with Crippen molar-refractivity contribution >= 4 is 35.1 Å². The van der Waals surface area contributed by atoms with Gasteiger partial charge < -0.3 is 30.7 Å². The van der Waals surface area contributed by atoms with Crippen LogP contribution in [0.3, 0.4) is 0 Å². The summed E-state index contributed by atoms with van der Waals surface area (Å²) < 4.78 is 43.2. The van der Waals surface area contributed by atoms with Crippen molar-refractivity contribution in [2.45, 2.75) is 12.2 Å². The van der Waals surface area contributed by atoms with E-state index >= 15 is 0 Å². The molecule has 0 radical (unpaired) electrons. The number of carbonyl (C=O) groups is 3. The number of carbonyl (C=O) groups excluding carboxylic acids is 1. The first-order valence-electron chi connectivity index (χ1n) is 12.7. The summed E-state index contributed by atoms with van der Waals surface area (Å²) in [7, 11) is 0. The van der Waals surface area contributed by atoms with Crippen LogP contribution >= 0.6 is 0 Å². The van der Waals surface area contributed by atoms with E-state index in [1.807, 2.05) is 0 Å². The number of rotatable bonds is 13. The highest BCUT2D eigenvalue weighted by atomic mass is 19.4. The van der Waals surface area contributed by atoms with Gasteiger partial charge >= 0.3 is 18.1 Å². The number of hydrazine groups is 1. The van der Waals surface area contributed by atoms with E-state index in [-0.39, 0.29) is 30.3 Å². The first-order valence-corrected chi connectivity index (χ1v) is 12.7. The zero-order valence-corrected chi connectivity index (χ0v) is 23.6. The Bertz CT molecular complexity index is 1550. The number of aliphatic carboxylic acids is 1. The lowest BCUT2D eigenvalue weighted by atomic mass is 10.0. The molecule has 0 bridgehead atoms. The standard InChI is InChI=1S/C28H29N5O5.C2HF3O2/c1-3-15-37-23-14-11-19(17-24(23)38-16-4-2)25(32-20-12-9-18(10-13-20)26(29)30)27(34)33(31)22-8-6-5-7-21(22)28(35)36;3-2(4,5)1(6)7/h3-14,17,25,32H,1-2,15-16,31H2,(H3,29,30)(H,35,36);(H,6,7). The average molecular weight is 630 g/mol. The number of nitrogen functional groups attached to an aromatic ring is 1. The number of benzene rings is 3. The van der Waals surface area contributed by atoms with Gasteiger partial charge in [-0.2, -0.15) is 13.2 Å². The van der Waals surface area contributed by atoms with Gasteiger partial charge in [0.1, 0.15) is 25.1 Å². The maximum Gasteiger partial charge on any atom is 0.490 e. The molecule has 3 rings (SSSR count). The lowest BCUT2D eigenvalue weighted by Crippen LogP contribution is -2.43. The second-order valence-corrected chi connectivity index (χ2v) is 8.81. The summed E-state index contributed by atoms with van der Waals surface area (Å²) in [5.74, 6) is 2.29. The average Bonchev–Trinajstić information content (AvgIpc) is 3.01. The second-order valence-electron chi connectivity index (χ2n) is 8.81. The number of nitrogens with one attached hydrogen (secondary N) is 2. The van der Waals surface area contributed by atoms with E-state index < -0.39 is 30.1 Å². The van der Waals surface area contributed by atoms with Gasteiger partial charge in [-0.25, -0.2) is 20.4 Å². The van der Waals surface area contributed by atoms with E-state index in [0.29, 0.717) is 28.3 Å². The highest BCUT2D eigenvalue weighted by Crippen LogP contribution is 2.33. The molecule has 0 heterocycles. The maximum atomic E-state index is 13.8. The number of anilines is 2. The van der Waals surface area contributed by atoms with Crippen LogP contribution in [0.2, 0.25) is 0 Å². The lowest BCUT2D eigenvalue weighted by molar-refractivity contribution is -0.192. The maximum absolute atomic E-state index is 13.8. The number of amides is 1. The second kappa shape index (κ2) is 16.1. The monoisotopic (exact) mass is 629 g/mol. The third kappa shape index (κ3) is 10.1. The van der Waals surface area contributed by atoms with Gasteiger partial charge in [0, 0.05) is 11.3 Å². The Morgan fingerprint density at radius 1 is 0.956 bits per heavy atom. The number of ether oxygens (including phenoxy) is 2. The van der Waals surface area contributed by atoms with Crippen LogP contribution in [-0.4, -0.2) is 53.3 Å². The van der Waals surface area contributed by atoms with E-state index in [1.165, 1.54) is 12.1 Å². The number of halogens is 3. The minimum absolute atomic E-state index is 0.0257. The molecule has 1 amide bonds. The van der Waals surface area contributed by atoms with Crippen molar-refractivity contribution in [2.75, 3.05) is 23.5 Å². The summed E-state index contributed by atoms with van der Waals surface area (Å²) in [5, 5.41) is 28.3. The number of carboxylic acids is 2. The quantitative estimate of drug-likeness (QED) is 0.0391. The number of aromatic carboxylic acids is 1. The van der Waals surface area contributed by atoms with E-state index in [4.69, 9.17) is 36.4 Å². The first kappa shape index (κ1) is 35.4. The van der Waals surface area contributed by atoms with Crippen LogP contribution in [0.4, 0.5) is 24.5 Å². The number of nitrogens with zero attached hydrogens (tertiary/aromatic N) is 1. The molecule has 3 aromatic rings. The van der Waals surface area contributed by atoms with Crippen molar-refractivity contribution in [3.05, 3.63) is 109 Å². The van der Waals surface area contributed by atoms with Crippen molar-refractivity contribution in [1.29, 1.82) is 5.41 Å². The number of carboxylic acid groups (broad SMARTS) is 2. The van der Waals surface area contributed by atoms with Crippen molar-refractivity contribution in [3.8, 4) is 11.5 Å². The molecule has 0 fully saturated rings. The summed E-state index contributed by atoms with van der Waals surface area (Å²) >= 11 is 0. The van der Waals surface area contributed by atoms with Gasteiger partial charge in [-0.3, -0.25) is 10.2 Å². The van der Waals surface area contributed by atoms with Gasteiger partial charge in [-0.05, 0) is 54.1 Å². The van der Waals surface area contributed by atoms with E-state index in [0.717, 1.165) is 5.01 Å². The summed E-state index contributed by atoms with van der Waals surface area (Å²) in [6, 6.07) is 16.5. The van der Waals surface area contributed by atoms with Crippen LogP contribution in [0.25, 0.3) is 0 Å². The number of alkyl halides is 3. The molecule has 0 spiro atoms. The van der Waals surface area contributed by atoms with Gasteiger partial charge in [-0.15, -0.1) is 0 Å². The van der Waals surface area contributed by atoms with Gasteiger partial charge in [0.2, 0.25) is 0 Å². The molecule has 0 saturated carbocycles. The van der Waals surface area contributed by atoms with E-state index in [2.05, 4.69) is 18.5 Å². The predicted molar refractivity (Wildman–Crippen MR) is 160 cm³/mol. The Hall–Kier alpha value is -5.83. The molecule has 0 aliphatic carbocycles. The van der Waals surface area contributed by atoms with Crippen molar-refractivity contribution in [3.63, 3.8) is 0 Å². The van der Waals surface area contributed by atoms with Crippen molar-refractivity contribution in [1.82, 2.24) is 0 Å². The van der Waals surface area contributed by atoms with Gasteiger partial charge in [0.25, 0.3) is 5.91 Å². The van der Waals surface area contributed by atoms with Gasteiger partial charge in [0.05, 0.1) is 11.3 Å². The molecule has 12 nitrogen and oxygen atoms in total. The number of hydrogen-bond acceptors (Lipinski definition) is 8. The molecule has 8 N–H and O–H groups in total. The zero-order valence-electron chi connectivity index (χ0n) is 23.6. The fourth-order valence-electron chi connectivity index (χ4n) is 3.56. The smallest absolute Gasteiger partial charge is 0.486 e. The summed E-state index contributed by atoms with van der Waals surface area (Å²) in [6.07, 6.45) is -1.91. The largest absolute Gasteiger partial charge is 0.490 e. The van der Waals surface area contributed by atoms with Crippen LogP contribution in [0.15, 0.2) is 92.0 Å². The van der Waals surface area contributed by atoms with Gasteiger partial charge in [0.15, 0.2) is 11.5 Å². The summed E-state index contributed by atoms with van der Waals surface area (Å²) in [4.78, 5) is 34.4. The van der Waals surface area contributed by atoms with Crippen LogP contribution in [0, 0.1) is 5.41 Å². The molecule has 45 heavy (non-hydrogen) atoms. The molecule has 0 aliphatic heterocycles. The summed E-state index contributed by atoms with van der Waals surface area (Å²) in [6.45, 7) is 7.75. The topological polar surface area (TPSA) is 201 Å². The molecular weight excluding hydrogens is 599 g/mol. The van der Waals surface area contributed by atoms with Crippen molar-refractivity contribution < 1.29 is 47.2 Å². The highest BCUT2D eigenvalue weighted by Gasteiger charge is 2.38. The molecular formula is C30H30F3N5O7. The molecule has 0 saturated heterocycles. The highest BCUT2D eigenvalue weighted by molar-refractivity contribution is 6.04. The Morgan fingerprint density at radius 2 is 1.51 bits per heavy atom. The molecule has 15 heteroatoms.